The van der Waals surface area contributed by atoms with Crippen LogP contribution in [0.1, 0.15) is 11.3 Å². The van der Waals surface area contributed by atoms with E-state index in [1.807, 2.05) is 48.5 Å². The second-order valence-electron chi connectivity index (χ2n) is 5.56. The van der Waals surface area contributed by atoms with Crippen molar-refractivity contribution in [3.8, 4) is 11.3 Å². The van der Waals surface area contributed by atoms with Crippen molar-refractivity contribution in [2.45, 2.75) is 0 Å². The zero-order valence-corrected chi connectivity index (χ0v) is 15.6. The molecule has 1 aromatic heterocycles. The topological polar surface area (TPSA) is 51.8 Å². The van der Waals surface area contributed by atoms with Crippen molar-refractivity contribution in [3.63, 3.8) is 0 Å². The number of halogens is 2. The summed E-state index contributed by atoms with van der Waals surface area (Å²) >= 11 is 9.40. The number of benzene rings is 2. The first-order valence-electron chi connectivity index (χ1n) is 7.73. The largest absolute Gasteiger partial charge is 0.457 e. The van der Waals surface area contributed by atoms with E-state index < -0.39 is 5.97 Å². The van der Waals surface area contributed by atoms with Crippen LogP contribution >= 0.6 is 27.5 Å². The summed E-state index contributed by atoms with van der Waals surface area (Å²) < 4.78 is 11.9. The zero-order valence-electron chi connectivity index (χ0n) is 13.3. The number of esters is 1. The molecule has 0 saturated heterocycles. The van der Waals surface area contributed by atoms with E-state index >= 15 is 0 Å². The van der Waals surface area contributed by atoms with Crippen LogP contribution in [-0.2, 0) is 9.53 Å². The highest BCUT2D eigenvalue weighted by molar-refractivity contribution is 9.10. The summed E-state index contributed by atoms with van der Waals surface area (Å²) in [6.07, 6.45) is 1.56. The molecule has 0 N–H and O–H groups in total. The number of hydrogen-bond acceptors (Lipinski definition) is 4. The molecule has 4 rings (SSSR count). The van der Waals surface area contributed by atoms with Gasteiger partial charge >= 0.3 is 5.97 Å². The third kappa shape index (κ3) is 3.49. The Bertz CT molecular complexity index is 1070. The highest BCUT2D eigenvalue weighted by atomic mass is 79.9. The van der Waals surface area contributed by atoms with Crippen molar-refractivity contribution in [2.75, 3.05) is 0 Å². The molecule has 2 aromatic carbocycles. The lowest BCUT2D eigenvalue weighted by atomic mass is 10.2. The second-order valence-corrected chi connectivity index (χ2v) is 6.91. The molecule has 4 nitrogen and oxygen atoms in total. The fraction of sp³-hybridized carbons (Fsp3) is 0. The van der Waals surface area contributed by atoms with Gasteiger partial charge in [0.05, 0.1) is 0 Å². The molecule has 3 aromatic rings. The maximum Gasteiger partial charge on any atom is 0.363 e. The molecule has 0 aliphatic carbocycles. The Labute approximate surface area is 162 Å². The molecule has 6 heteroatoms. The van der Waals surface area contributed by atoms with Crippen LogP contribution in [-0.4, -0.2) is 11.9 Å². The third-order valence-corrected chi connectivity index (χ3v) is 4.44. The van der Waals surface area contributed by atoms with Crippen molar-refractivity contribution >= 4 is 45.5 Å². The summed E-state index contributed by atoms with van der Waals surface area (Å²) in [7, 11) is 0. The highest BCUT2D eigenvalue weighted by Crippen LogP contribution is 2.27. The van der Waals surface area contributed by atoms with Gasteiger partial charge in [-0.05, 0) is 42.5 Å². The lowest BCUT2D eigenvalue weighted by Gasteiger charge is -1.99. The Morgan fingerprint density at radius 2 is 1.81 bits per heavy atom. The molecule has 0 spiro atoms. The minimum Gasteiger partial charge on any atom is -0.457 e. The van der Waals surface area contributed by atoms with Gasteiger partial charge in [0.15, 0.2) is 5.70 Å². The summed E-state index contributed by atoms with van der Waals surface area (Å²) in [4.78, 5) is 16.4. The molecule has 1 aliphatic rings. The molecule has 128 valence electrons. The maximum atomic E-state index is 12.1. The van der Waals surface area contributed by atoms with Gasteiger partial charge in [-0.15, -0.1) is 0 Å². The maximum absolute atomic E-state index is 12.1. The van der Waals surface area contributed by atoms with Gasteiger partial charge in [0, 0.05) is 26.7 Å². The summed E-state index contributed by atoms with van der Waals surface area (Å²) in [5.74, 6) is 0.915. The SMILES string of the molecule is O=C1OC(c2cccc(Br)c2)=N/C1=C\c1ccc(-c2cccc(Cl)c2)o1. The quantitative estimate of drug-likeness (QED) is 0.397. The van der Waals surface area contributed by atoms with Gasteiger partial charge in [-0.25, -0.2) is 9.79 Å². The molecule has 0 saturated carbocycles. The number of furan rings is 1. The Morgan fingerprint density at radius 3 is 2.62 bits per heavy atom. The first-order valence-corrected chi connectivity index (χ1v) is 8.90. The third-order valence-electron chi connectivity index (χ3n) is 3.71. The molecule has 0 radical (unpaired) electrons. The minimum atomic E-state index is -0.513. The molecule has 1 aliphatic heterocycles. The van der Waals surface area contributed by atoms with Gasteiger partial charge in [-0.1, -0.05) is 45.7 Å². The Hall–Kier alpha value is -2.63. The van der Waals surface area contributed by atoms with E-state index in [0.29, 0.717) is 16.5 Å². The average molecular weight is 429 g/mol. The van der Waals surface area contributed by atoms with Crippen molar-refractivity contribution in [1.29, 1.82) is 0 Å². The predicted octanol–water partition coefficient (Wildman–Crippen LogP) is 5.71. The Balaban J connectivity index is 1.63. The summed E-state index contributed by atoms with van der Waals surface area (Å²) in [6.45, 7) is 0. The van der Waals surface area contributed by atoms with E-state index in [0.717, 1.165) is 15.6 Å². The molecular weight excluding hydrogens is 418 g/mol. The van der Waals surface area contributed by atoms with Crippen LogP contribution in [0.25, 0.3) is 17.4 Å². The number of hydrogen-bond donors (Lipinski definition) is 0. The molecular formula is C20H11BrClNO3. The lowest BCUT2D eigenvalue weighted by Crippen LogP contribution is -2.05. The highest BCUT2D eigenvalue weighted by Gasteiger charge is 2.24. The number of ether oxygens (including phenoxy) is 1. The van der Waals surface area contributed by atoms with Gasteiger partial charge in [0.1, 0.15) is 11.5 Å². The van der Waals surface area contributed by atoms with Crippen LogP contribution in [0.4, 0.5) is 0 Å². The van der Waals surface area contributed by atoms with Gasteiger partial charge in [0.2, 0.25) is 5.90 Å². The molecule has 0 bridgehead atoms. The minimum absolute atomic E-state index is 0.187. The number of rotatable bonds is 3. The first kappa shape index (κ1) is 16.8. The fourth-order valence-electron chi connectivity index (χ4n) is 2.52. The van der Waals surface area contributed by atoms with Crippen LogP contribution in [0.5, 0.6) is 0 Å². The van der Waals surface area contributed by atoms with Crippen LogP contribution in [0.3, 0.4) is 0 Å². The number of aliphatic imine (C=N–C) groups is 1. The van der Waals surface area contributed by atoms with Crippen molar-refractivity contribution < 1.29 is 13.9 Å². The summed E-state index contributed by atoms with van der Waals surface area (Å²) in [5.41, 5.74) is 1.76. The zero-order chi connectivity index (χ0) is 18.1. The second kappa shape index (κ2) is 6.94. The Kier molecular flexibility index (Phi) is 4.49. The number of carbonyl (C=O) groups excluding carboxylic acids is 1. The lowest BCUT2D eigenvalue weighted by molar-refractivity contribution is -0.129. The van der Waals surface area contributed by atoms with E-state index in [1.165, 1.54) is 0 Å². The van der Waals surface area contributed by atoms with Crippen LogP contribution in [0.2, 0.25) is 5.02 Å². The van der Waals surface area contributed by atoms with E-state index in [1.54, 1.807) is 18.2 Å². The van der Waals surface area contributed by atoms with Crippen molar-refractivity contribution in [3.05, 3.63) is 87.2 Å². The molecule has 2 heterocycles. The van der Waals surface area contributed by atoms with Crippen LogP contribution in [0.15, 0.2) is 80.2 Å². The standard InChI is InChI=1S/C20H11BrClNO3/c21-14-5-1-4-13(9-14)19-23-17(20(24)26-19)11-16-7-8-18(25-16)12-3-2-6-15(22)10-12/h1-11H/b17-11-. The van der Waals surface area contributed by atoms with Gasteiger partial charge in [-0.2, -0.15) is 0 Å². The summed E-state index contributed by atoms with van der Waals surface area (Å²) in [5, 5.41) is 0.626. The monoisotopic (exact) mass is 427 g/mol. The summed E-state index contributed by atoms with van der Waals surface area (Å²) in [6, 6.07) is 18.3. The van der Waals surface area contributed by atoms with Crippen molar-refractivity contribution in [1.82, 2.24) is 0 Å². The number of carbonyl (C=O) groups is 1. The normalized spacial score (nSPS) is 15.2. The van der Waals surface area contributed by atoms with Crippen LogP contribution < -0.4 is 0 Å². The van der Waals surface area contributed by atoms with Gasteiger partial charge in [0.25, 0.3) is 0 Å². The molecule has 0 unspecified atom stereocenters. The van der Waals surface area contributed by atoms with Crippen molar-refractivity contribution in [2.24, 2.45) is 4.99 Å². The van der Waals surface area contributed by atoms with Gasteiger partial charge < -0.3 is 9.15 Å². The molecule has 0 atom stereocenters. The Morgan fingerprint density at radius 1 is 1.00 bits per heavy atom. The van der Waals surface area contributed by atoms with E-state index in [2.05, 4.69) is 20.9 Å². The van der Waals surface area contributed by atoms with E-state index in [-0.39, 0.29) is 11.6 Å². The fourth-order valence-corrected chi connectivity index (χ4v) is 3.11. The first-order chi connectivity index (χ1) is 12.6. The van der Waals surface area contributed by atoms with E-state index in [9.17, 15) is 4.79 Å². The number of cyclic esters (lactones) is 1. The van der Waals surface area contributed by atoms with Crippen LogP contribution in [0, 0.1) is 0 Å². The molecule has 0 amide bonds. The smallest absolute Gasteiger partial charge is 0.363 e. The predicted molar refractivity (Wildman–Crippen MR) is 104 cm³/mol. The van der Waals surface area contributed by atoms with E-state index in [4.69, 9.17) is 20.8 Å². The van der Waals surface area contributed by atoms with Gasteiger partial charge in [-0.3, -0.25) is 0 Å². The molecule has 26 heavy (non-hydrogen) atoms. The number of nitrogens with zero attached hydrogens (tertiary/aromatic N) is 1. The average Bonchev–Trinajstić information content (AvgIpc) is 3.23. The molecule has 0 fully saturated rings.